The zero-order valence-electron chi connectivity index (χ0n) is 15.4. The van der Waals surface area contributed by atoms with Crippen molar-refractivity contribution in [3.8, 4) is 0 Å². The van der Waals surface area contributed by atoms with Crippen LogP contribution in [-0.4, -0.2) is 38.0 Å². The Kier molecular flexibility index (Phi) is 5.14. The van der Waals surface area contributed by atoms with Crippen molar-refractivity contribution in [3.63, 3.8) is 0 Å². The third kappa shape index (κ3) is 3.93. The summed E-state index contributed by atoms with van der Waals surface area (Å²) < 4.78 is 1.65. The minimum absolute atomic E-state index is 0.0971. The van der Waals surface area contributed by atoms with Crippen LogP contribution in [0.25, 0.3) is 0 Å². The highest BCUT2D eigenvalue weighted by Crippen LogP contribution is 2.16. The number of aromatic nitrogens is 3. The molecule has 28 heavy (non-hydrogen) atoms. The average molecular weight is 375 g/mol. The summed E-state index contributed by atoms with van der Waals surface area (Å²) in [5.41, 5.74) is 2.70. The normalized spacial score (nSPS) is 13.7. The lowest BCUT2D eigenvalue weighted by atomic mass is 10.2. The Labute approximate surface area is 163 Å². The number of nitrogens with zero attached hydrogens (tertiary/aromatic N) is 4. The standard InChI is InChI=1S/C21H21N5O2/c27-20(23-14-17-8-4-9-22-13-17)18-12-19-21(28)25(10-5-11-26(19)24-18)15-16-6-2-1-3-7-16/h1-4,6-9,12-13H,5,10-11,14-15H2,(H,23,27). The first-order valence-electron chi connectivity index (χ1n) is 9.29. The van der Waals surface area contributed by atoms with E-state index in [0.29, 0.717) is 31.9 Å². The second kappa shape index (κ2) is 8.04. The molecule has 7 nitrogen and oxygen atoms in total. The maximum atomic E-state index is 13.0. The van der Waals surface area contributed by atoms with Crippen molar-refractivity contribution in [3.05, 3.63) is 83.4 Å². The monoisotopic (exact) mass is 375 g/mol. The number of carbonyl (C=O) groups is 2. The number of hydrogen-bond donors (Lipinski definition) is 1. The van der Waals surface area contributed by atoms with E-state index < -0.39 is 0 Å². The van der Waals surface area contributed by atoms with Gasteiger partial charge in [-0.05, 0) is 23.6 Å². The molecule has 3 heterocycles. The molecule has 1 aliphatic rings. The Morgan fingerprint density at radius 1 is 1.07 bits per heavy atom. The molecule has 0 radical (unpaired) electrons. The van der Waals surface area contributed by atoms with Crippen LogP contribution in [0.2, 0.25) is 0 Å². The van der Waals surface area contributed by atoms with Crippen molar-refractivity contribution in [1.82, 2.24) is 25.0 Å². The third-order valence-electron chi connectivity index (χ3n) is 4.71. The molecule has 0 aliphatic carbocycles. The number of amides is 2. The summed E-state index contributed by atoms with van der Waals surface area (Å²) >= 11 is 0. The Morgan fingerprint density at radius 3 is 2.68 bits per heavy atom. The molecule has 1 aliphatic heterocycles. The van der Waals surface area contributed by atoms with Gasteiger partial charge in [-0.1, -0.05) is 36.4 Å². The fourth-order valence-corrected chi connectivity index (χ4v) is 3.28. The van der Waals surface area contributed by atoms with Gasteiger partial charge in [0, 0.05) is 44.6 Å². The molecule has 0 unspecified atom stereocenters. The third-order valence-corrected chi connectivity index (χ3v) is 4.71. The number of pyridine rings is 1. The molecule has 3 aromatic rings. The summed E-state index contributed by atoms with van der Waals surface area (Å²) in [6.07, 6.45) is 4.18. The molecule has 2 amide bonds. The van der Waals surface area contributed by atoms with Gasteiger partial charge in [-0.15, -0.1) is 0 Å². The zero-order chi connectivity index (χ0) is 19.3. The molecular weight excluding hydrogens is 354 g/mol. The van der Waals surface area contributed by atoms with Gasteiger partial charge in [0.15, 0.2) is 5.69 Å². The fourth-order valence-electron chi connectivity index (χ4n) is 3.28. The molecule has 4 rings (SSSR count). The van der Waals surface area contributed by atoms with E-state index in [1.165, 1.54) is 0 Å². The number of aryl methyl sites for hydroxylation is 1. The first kappa shape index (κ1) is 17.9. The molecule has 0 saturated carbocycles. The lowest BCUT2D eigenvalue weighted by Crippen LogP contribution is -2.30. The van der Waals surface area contributed by atoms with E-state index in [4.69, 9.17) is 0 Å². The summed E-state index contributed by atoms with van der Waals surface area (Å²) in [5.74, 6) is -0.396. The van der Waals surface area contributed by atoms with E-state index in [-0.39, 0.29) is 17.5 Å². The Morgan fingerprint density at radius 2 is 1.89 bits per heavy atom. The second-order valence-corrected chi connectivity index (χ2v) is 6.75. The Bertz CT molecular complexity index is 969. The van der Waals surface area contributed by atoms with Crippen molar-refractivity contribution >= 4 is 11.8 Å². The summed E-state index contributed by atoms with van der Waals surface area (Å²) in [5, 5.41) is 7.18. The van der Waals surface area contributed by atoms with E-state index in [1.807, 2.05) is 47.4 Å². The molecule has 7 heteroatoms. The van der Waals surface area contributed by atoms with Gasteiger partial charge in [-0.3, -0.25) is 19.3 Å². The van der Waals surface area contributed by atoms with Gasteiger partial charge >= 0.3 is 0 Å². The Hall–Kier alpha value is -3.48. The van der Waals surface area contributed by atoms with Crippen molar-refractivity contribution in [1.29, 1.82) is 0 Å². The topological polar surface area (TPSA) is 80.1 Å². The van der Waals surface area contributed by atoms with Gasteiger partial charge in [0.2, 0.25) is 0 Å². The fraction of sp³-hybridized carbons (Fsp3) is 0.238. The first-order valence-corrected chi connectivity index (χ1v) is 9.29. The van der Waals surface area contributed by atoms with Crippen LogP contribution >= 0.6 is 0 Å². The highest BCUT2D eigenvalue weighted by Gasteiger charge is 2.26. The predicted molar refractivity (Wildman–Crippen MR) is 103 cm³/mol. The SMILES string of the molecule is O=C(NCc1cccnc1)c1cc2n(n1)CCCN(Cc1ccccc1)C2=O. The van der Waals surface area contributed by atoms with Gasteiger partial charge in [-0.2, -0.15) is 5.10 Å². The minimum Gasteiger partial charge on any atom is -0.347 e. The van der Waals surface area contributed by atoms with Gasteiger partial charge in [0.1, 0.15) is 5.69 Å². The van der Waals surface area contributed by atoms with Crippen LogP contribution in [0.5, 0.6) is 0 Å². The molecular formula is C21H21N5O2. The molecule has 1 N–H and O–H groups in total. The maximum absolute atomic E-state index is 13.0. The lowest BCUT2D eigenvalue weighted by molar-refractivity contribution is 0.0745. The van der Waals surface area contributed by atoms with Gasteiger partial charge in [-0.25, -0.2) is 0 Å². The first-order chi connectivity index (χ1) is 13.7. The van der Waals surface area contributed by atoms with Crippen LogP contribution in [-0.2, 0) is 19.6 Å². The van der Waals surface area contributed by atoms with Crippen LogP contribution in [0.4, 0.5) is 0 Å². The van der Waals surface area contributed by atoms with Crippen LogP contribution in [0.1, 0.15) is 38.5 Å². The van der Waals surface area contributed by atoms with Crippen molar-refractivity contribution in [2.24, 2.45) is 0 Å². The number of nitrogens with one attached hydrogen (secondary N) is 1. The zero-order valence-corrected chi connectivity index (χ0v) is 15.4. The second-order valence-electron chi connectivity index (χ2n) is 6.75. The molecule has 0 spiro atoms. The van der Waals surface area contributed by atoms with Crippen LogP contribution < -0.4 is 5.32 Å². The number of fused-ring (bicyclic) bond motifs is 1. The largest absolute Gasteiger partial charge is 0.347 e. The Balaban J connectivity index is 1.47. The van der Waals surface area contributed by atoms with Gasteiger partial charge in [0.25, 0.3) is 11.8 Å². The van der Waals surface area contributed by atoms with Crippen LogP contribution in [0.15, 0.2) is 60.9 Å². The number of carbonyl (C=O) groups excluding carboxylic acids is 2. The van der Waals surface area contributed by atoms with Crippen LogP contribution in [0, 0.1) is 0 Å². The molecule has 1 aromatic carbocycles. The molecule has 142 valence electrons. The predicted octanol–water partition coefficient (Wildman–Crippen LogP) is 2.25. The molecule has 0 atom stereocenters. The lowest BCUT2D eigenvalue weighted by Gasteiger charge is -2.20. The van der Waals surface area contributed by atoms with E-state index in [2.05, 4.69) is 15.4 Å². The minimum atomic E-state index is -0.299. The summed E-state index contributed by atoms with van der Waals surface area (Å²) in [6.45, 7) is 2.19. The average Bonchev–Trinajstić information content (AvgIpc) is 3.11. The summed E-state index contributed by atoms with van der Waals surface area (Å²) in [7, 11) is 0. The number of rotatable bonds is 5. The smallest absolute Gasteiger partial charge is 0.272 e. The van der Waals surface area contributed by atoms with E-state index in [1.54, 1.807) is 23.1 Å². The summed E-state index contributed by atoms with van der Waals surface area (Å²) in [6, 6.07) is 15.2. The highest BCUT2D eigenvalue weighted by molar-refractivity contribution is 5.98. The number of benzene rings is 1. The van der Waals surface area contributed by atoms with Gasteiger partial charge in [0.05, 0.1) is 0 Å². The maximum Gasteiger partial charge on any atom is 0.272 e. The van der Waals surface area contributed by atoms with Gasteiger partial charge < -0.3 is 10.2 Å². The van der Waals surface area contributed by atoms with E-state index in [9.17, 15) is 9.59 Å². The molecule has 0 fully saturated rings. The van der Waals surface area contributed by atoms with E-state index >= 15 is 0 Å². The van der Waals surface area contributed by atoms with E-state index in [0.717, 1.165) is 17.5 Å². The van der Waals surface area contributed by atoms with Crippen molar-refractivity contribution < 1.29 is 9.59 Å². The molecule has 0 saturated heterocycles. The number of hydrogen-bond acceptors (Lipinski definition) is 4. The molecule has 2 aromatic heterocycles. The molecule has 0 bridgehead atoms. The van der Waals surface area contributed by atoms with Crippen LogP contribution in [0.3, 0.4) is 0 Å². The summed E-state index contributed by atoms with van der Waals surface area (Å²) in [4.78, 5) is 31.3. The van der Waals surface area contributed by atoms with Crippen molar-refractivity contribution in [2.75, 3.05) is 6.54 Å². The van der Waals surface area contributed by atoms with Crippen molar-refractivity contribution in [2.45, 2.75) is 26.1 Å². The highest BCUT2D eigenvalue weighted by atomic mass is 16.2. The quantitative estimate of drug-likeness (QED) is 0.742.